The van der Waals surface area contributed by atoms with Crippen molar-refractivity contribution in [2.24, 2.45) is 4.99 Å². The van der Waals surface area contributed by atoms with E-state index in [-0.39, 0.29) is 6.10 Å². The van der Waals surface area contributed by atoms with Gasteiger partial charge in [0.15, 0.2) is 0 Å². The van der Waals surface area contributed by atoms with Gasteiger partial charge in [0.05, 0.1) is 6.54 Å². The fourth-order valence-electron chi connectivity index (χ4n) is 1.73. The number of hydrogen-bond donors (Lipinski definition) is 0. The van der Waals surface area contributed by atoms with Crippen LogP contribution in [0, 0.1) is 0 Å². The number of nitrogens with zero attached hydrogens (tertiary/aromatic N) is 1. The van der Waals surface area contributed by atoms with Crippen molar-refractivity contribution in [2.75, 3.05) is 19.8 Å². The van der Waals surface area contributed by atoms with E-state index < -0.39 is 8.80 Å². The van der Waals surface area contributed by atoms with Crippen LogP contribution in [-0.2, 0) is 18.1 Å². The molecule has 0 fully saturated rings. The average Bonchev–Trinajstić information content (AvgIpc) is 2.29. The number of unbranched alkanes of at least 4 members (excludes halogenated alkanes) is 1. The zero-order valence-corrected chi connectivity index (χ0v) is 12.9. The highest BCUT2D eigenvalue weighted by atomic mass is 28.4. The predicted molar refractivity (Wildman–Crippen MR) is 72.3 cm³/mol. The minimum absolute atomic E-state index is 0.0972. The Morgan fingerprint density at radius 1 is 1.22 bits per heavy atom. The third-order valence-electron chi connectivity index (χ3n) is 2.42. The van der Waals surface area contributed by atoms with E-state index in [0.717, 1.165) is 19.3 Å². The molecule has 0 aromatic heterocycles. The number of isocyanates is 1. The van der Waals surface area contributed by atoms with Gasteiger partial charge in [0.25, 0.3) is 0 Å². The topological polar surface area (TPSA) is 57.1 Å². The Morgan fingerprint density at radius 2 is 1.83 bits per heavy atom. The maximum atomic E-state index is 9.89. The second-order valence-electron chi connectivity index (χ2n) is 4.13. The van der Waals surface area contributed by atoms with Crippen LogP contribution in [-0.4, -0.2) is 40.7 Å². The maximum Gasteiger partial charge on any atom is 0.497 e. The fraction of sp³-hybridized carbons (Fsp3) is 0.917. The smallest absolute Gasteiger partial charge is 0.374 e. The Kier molecular flexibility index (Phi) is 10.1. The van der Waals surface area contributed by atoms with Gasteiger partial charge >= 0.3 is 8.80 Å². The van der Waals surface area contributed by atoms with Gasteiger partial charge in [-0.15, -0.1) is 0 Å². The first-order valence-electron chi connectivity index (χ1n) is 6.57. The minimum Gasteiger partial charge on any atom is -0.374 e. The van der Waals surface area contributed by atoms with Gasteiger partial charge in [-0.3, -0.25) is 0 Å². The molecule has 18 heavy (non-hydrogen) atoms. The van der Waals surface area contributed by atoms with Gasteiger partial charge in [0.2, 0.25) is 6.08 Å². The molecule has 1 atom stereocenters. The van der Waals surface area contributed by atoms with Crippen LogP contribution in [0.1, 0.15) is 40.0 Å². The Hall–Kier alpha value is -0.523. The molecular formula is C12H25NO4Si. The molecule has 0 amide bonds. The molecule has 6 heteroatoms. The van der Waals surface area contributed by atoms with Crippen LogP contribution >= 0.6 is 0 Å². The normalized spacial score (nSPS) is 13.1. The van der Waals surface area contributed by atoms with Crippen molar-refractivity contribution in [3.8, 4) is 0 Å². The lowest BCUT2D eigenvalue weighted by molar-refractivity contribution is 0.0408. The summed E-state index contributed by atoms with van der Waals surface area (Å²) in [6, 6.07) is 0. The molecular weight excluding hydrogens is 250 g/mol. The van der Waals surface area contributed by atoms with Crippen LogP contribution in [0.25, 0.3) is 0 Å². The van der Waals surface area contributed by atoms with E-state index in [4.69, 9.17) is 13.3 Å². The highest BCUT2D eigenvalue weighted by Gasteiger charge is 2.35. The molecule has 0 aliphatic carbocycles. The summed E-state index contributed by atoms with van der Waals surface area (Å²) < 4.78 is 17.1. The van der Waals surface area contributed by atoms with Gasteiger partial charge in [0, 0.05) is 25.9 Å². The number of hydrogen-bond acceptors (Lipinski definition) is 5. The first-order valence-corrected chi connectivity index (χ1v) is 8.79. The highest BCUT2D eigenvalue weighted by molar-refractivity contribution is 6.59. The minimum atomic E-state index is -2.47. The molecule has 5 nitrogen and oxygen atoms in total. The van der Waals surface area contributed by atoms with Crippen LogP contribution in [0.2, 0.25) is 6.55 Å². The van der Waals surface area contributed by atoms with E-state index in [1.807, 2.05) is 27.3 Å². The molecule has 0 heterocycles. The van der Waals surface area contributed by atoms with E-state index in [1.54, 1.807) is 0 Å². The van der Waals surface area contributed by atoms with Gasteiger partial charge < -0.3 is 13.3 Å². The van der Waals surface area contributed by atoms with E-state index in [1.165, 1.54) is 6.08 Å². The summed E-state index contributed by atoms with van der Waals surface area (Å²) in [4.78, 5) is 13.4. The largest absolute Gasteiger partial charge is 0.497 e. The first kappa shape index (κ1) is 17.5. The van der Waals surface area contributed by atoms with Crippen molar-refractivity contribution in [3.05, 3.63) is 0 Å². The van der Waals surface area contributed by atoms with Crippen molar-refractivity contribution in [1.29, 1.82) is 0 Å². The fourth-order valence-corrected chi connectivity index (χ4v) is 3.84. The lowest BCUT2D eigenvalue weighted by Crippen LogP contribution is -2.45. The van der Waals surface area contributed by atoms with Gasteiger partial charge in [-0.05, 0) is 40.0 Å². The molecule has 0 aliphatic heterocycles. The highest BCUT2D eigenvalue weighted by Crippen LogP contribution is 2.15. The number of aliphatic imine (C=N–C) groups is 1. The van der Waals surface area contributed by atoms with Crippen molar-refractivity contribution < 1.29 is 18.1 Å². The van der Waals surface area contributed by atoms with Crippen molar-refractivity contribution in [2.45, 2.75) is 52.7 Å². The number of carbonyl (C=O) groups excluding carboxylic acids is 1. The van der Waals surface area contributed by atoms with Gasteiger partial charge in [-0.25, -0.2) is 9.79 Å². The molecule has 0 aromatic rings. The zero-order chi connectivity index (χ0) is 13.9. The number of rotatable bonds is 11. The average molecular weight is 275 g/mol. The Morgan fingerprint density at radius 3 is 2.33 bits per heavy atom. The quantitative estimate of drug-likeness (QED) is 0.252. The van der Waals surface area contributed by atoms with Crippen LogP contribution < -0.4 is 0 Å². The SMILES string of the molecule is CCO[Si](C)(OCC)OC(C)CCCCN=C=O. The van der Waals surface area contributed by atoms with Crippen molar-refractivity contribution in [3.63, 3.8) is 0 Å². The maximum absolute atomic E-state index is 9.89. The van der Waals surface area contributed by atoms with Gasteiger partial charge in [0.1, 0.15) is 0 Å². The summed E-state index contributed by atoms with van der Waals surface area (Å²) in [5, 5.41) is 0. The summed E-state index contributed by atoms with van der Waals surface area (Å²) in [7, 11) is -2.47. The Balaban J connectivity index is 3.93. The molecule has 0 aromatic carbocycles. The molecule has 0 aliphatic rings. The summed E-state index contributed by atoms with van der Waals surface area (Å²) in [5.74, 6) is 0. The van der Waals surface area contributed by atoms with E-state index >= 15 is 0 Å². The molecule has 106 valence electrons. The Labute approximate surface area is 111 Å². The van der Waals surface area contributed by atoms with E-state index in [0.29, 0.717) is 19.8 Å². The zero-order valence-electron chi connectivity index (χ0n) is 11.9. The van der Waals surface area contributed by atoms with Crippen LogP contribution in [0.5, 0.6) is 0 Å². The lowest BCUT2D eigenvalue weighted by atomic mass is 10.2. The standard InChI is InChI=1S/C12H25NO4Si/c1-5-15-18(4,16-6-2)17-12(3)9-7-8-10-13-11-14/h12H,5-10H2,1-4H3. The van der Waals surface area contributed by atoms with Crippen molar-refractivity contribution >= 4 is 14.9 Å². The molecule has 0 rings (SSSR count). The summed E-state index contributed by atoms with van der Waals surface area (Å²) in [6.45, 7) is 9.57. The summed E-state index contributed by atoms with van der Waals surface area (Å²) in [6.07, 6.45) is 4.40. The van der Waals surface area contributed by atoms with Gasteiger partial charge in [-0.1, -0.05) is 0 Å². The molecule has 1 unspecified atom stereocenters. The molecule has 0 bridgehead atoms. The van der Waals surface area contributed by atoms with E-state index in [2.05, 4.69) is 4.99 Å². The lowest BCUT2D eigenvalue weighted by Gasteiger charge is -2.28. The second-order valence-corrected chi connectivity index (χ2v) is 6.66. The molecule has 0 spiro atoms. The van der Waals surface area contributed by atoms with E-state index in [9.17, 15) is 4.79 Å². The van der Waals surface area contributed by atoms with Gasteiger partial charge in [-0.2, -0.15) is 0 Å². The van der Waals surface area contributed by atoms with Crippen LogP contribution in [0.4, 0.5) is 0 Å². The van der Waals surface area contributed by atoms with Crippen LogP contribution in [0.15, 0.2) is 4.99 Å². The molecule has 0 N–H and O–H groups in total. The predicted octanol–water partition coefficient (Wildman–Crippen LogP) is 2.54. The van der Waals surface area contributed by atoms with Crippen LogP contribution in [0.3, 0.4) is 0 Å². The van der Waals surface area contributed by atoms with Crippen molar-refractivity contribution in [1.82, 2.24) is 0 Å². The third-order valence-corrected chi connectivity index (χ3v) is 4.88. The first-order chi connectivity index (χ1) is 8.58. The summed E-state index contributed by atoms with van der Waals surface area (Å²) >= 11 is 0. The molecule has 0 saturated carbocycles. The summed E-state index contributed by atoms with van der Waals surface area (Å²) in [5.41, 5.74) is 0. The molecule has 0 saturated heterocycles. The second kappa shape index (κ2) is 10.4. The third kappa shape index (κ3) is 8.55. The molecule has 0 radical (unpaired) electrons. The monoisotopic (exact) mass is 275 g/mol. The Bertz CT molecular complexity index is 250.